The molecule has 0 radical (unpaired) electrons. The second-order valence-electron chi connectivity index (χ2n) is 11.0. The molecule has 6 rings (SSSR count). The van der Waals surface area contributed by atoms with Gasteiger partial charge in [0.2, 0.25) is 5.69 Å². The Balaban J connectivity index is 0.00000400. The van der Waals surface area contributed by atoms with Gasteiger partial charge < -0.3 is 24.4 Å². The lowest BCUT2D eigenvalue weighted by Gasteiger charge is -2.37. The van der Waals surface area contributed by atoms with Crippen LogP contribution in [0.1, 0.15) is 29.8 Å². The summed E-state index contributed by atoms with van der Waals surface area (Å²) in [5.41, 5.74) is 1.73. The summed E-state index contributed by atoms with van der Waals surface area (Å²) < 4.78 is 42.5. The van der Waals surface area contributed by atoms with Crippen molar-refractivity contribution in [3.63, 3.8) is 0 Å². The molecule has 3 heterocycles. The number of hydrogen-bond donors (Lipinski definition) is 1. The lowest BCUT2D eigenvalue weighted by Crippen LogP contribution is -2.46. The minimum Gasteiger partial charge on any atom is -0.504 e. The molecule has 12 heteroatoms. The van der Waals surface area contributed by atoms with Crippen LogP contribution < -0.4 is 14.5 Å². The predicted octanol–water partition coefficient (Wildman–Crippen LogP) is 5.78. The number of benzene rings is 3. The average Bonchev–Trinajstić information content (AvgIpc) is 3.70. The molecule has 0 unspecified atom stereocenters. The Labute approximate surface area is 260 Å². The number of piperazine rings is 1. The molecule has 1 N–H and O–H groups in total. The summed E-state index contributed by atoms with van der Waals surface area (Å²) in [6.07, 6.45) is 3.32. The van der Waals surface area contributed by atoms with Gasteiger partial charge >= 0.3 is 5.97 Å². The molecule has 0 spiro atoms. The largest absolute Gasteiger partial charge is 0.504 e. The van der Waals surface area contributed by atoms with Crippen molar-refractivity contribution < 1.29 is 28.2 Å². The van der Waals surface area contributed by atoms with E-state index in [1.807, 2.05) is 24.3 Å². The van der Waals surface area contributed by atoms with Crippen LogP contribution in [0.2, 0.25) is 0 Å². The van der Waals surface area contributed by atoms with E-state index in [0.29, 0.717) is 24.5 Å². The fourth-order valence-corrected chi connectivity index (χ4v) is 5.94. The highest BCUT2D eigenvalue weighted by molar-refractivity contribution is 5.88. The number of hydrogen-bond acceptors (Lipinski definition) is 7. The van der Waals surface area contributed by atoms with Crippen LogP contribution in [0.5, 0.6) is 5.75 Å². The molecule has 45 heavy (non-hydrogen) atoms. The standard InChI is InChI=1S/C32H30F2N6O4.CH4/c1-35-29-15-26(39-12-10-38(11-13-39)25-5-2-23(3-6-25)31(41)42)7-9-30(29)43-17-22-16-32(44-18-22,19-40-21-36-20-37-40)27-8-4-24(33)14-28(27)34;/h2-9,14-15,20-22H,10-13,16-19H2,(H,41,42);1H4/t22-,32+;/m1./s1. The molecule has 2 atom stereocenters. The lowest BCUT2D eigenvalue weighted by atomic mass is 9.87. The topological polar surface area (TPSA) is 97.3 Å². The molecule has 0 aliphatic carbocycles. The number of aromatic nitrogens is 3. The number of carboxylic acids is 1. The maximum atomic E-state index is 14.9. The molecule has 2 aliphatic heterocycles. The van der Waals surface area contributed by atoms with Gasteiger partial charge in [0.05, 0.1) is 31.9 Å². The van der Waals surface area contributed by atoms with Crippen molar-refractivity contribution in [2.45, 2.75) is 26.0 Å². The smallest absolute Gasteiger partial charge is 0.335 e. The maximum absolute atomic E-state index is 14.9. The quantitative estimate of drug-likeness (QED) is 0.237. The molecule has 2 saturated heterocycles. The Morgan fingerprint density at radius 1 is 1.04 bits per heavy atom. The van der Waals surface area contributed by atoms with E-state index in [0.717, 1.165) is 43.6 Å². The van der Waals surface area contributed by atoms with Gasteiger partial charge in [-0.05, 0) is 55.0 Å². The van der Waals surface area contributed by atoms with Crippen molar-refractivity contribution in [1.29, 1.82) is 0 Å². The van der Waals surface area contributed by atoms with E-state index in [1.54, 1.807) is 22.9 Å². The van der Waals surface area contributed by atoms with Gasteiger partial charge in [-0.1, -0.05) is 13.5 Å². The Kier molecular flexibility index (Phi) is 9.29. The van der Waals surface area contributed by atoms with Crippen LogP contribution in [0.3, 0.4) is 0 Å². The first-order chi connectivity index (χ1) is 21.3. The Bertz CT molecular complexity index is 1670. The number of aromatic carboxylic acids is 1. The zero-order chi connectivity index (χ0) is 30.7. The number of anilines is 2. The summed E-state index contributed by atoms with van der Waals surface area (Å²) in [6.45, 7) is 11.5. The zero-order valence-corrected chi connectivity index (χ0v) is 23.8. The Morgan fingerprint density at radius 3 is 2.40 bits per heavy atom. The van der Waals surface area contributed by atoms with Gasteiger partial charge in [0.15, 0.2) is 0 Å². The van der Waals surface area contributed by atoms with Crippen LogP contribution in [0.25, 0.3) is 4.85 Å². The van der Waals surface area contributed by atoms with Gasteiger partial charge in [0, 0.05) is 55.1 Å². The van der Waals surface area contributed by atoms with Gasteiger partial charge in [-0.25, -0.2) is 28.1 Å². The first-order valence-electron chi connectivity index (χ1n) is 14.2. The maximum Gasteiger partial charge on any atom is 0.335 e. The second kappa shape index (κ2) is 13.3. The van der Waals surface area contributed by atoms with E-state index in [1.165, 1.54) is 24.8 Å². The minimum atomic E-state index is -1.08. The molecule has 0 bridgehead atoms. The molecular weight excluding hydrogens is 582 g/mol. The molecule has 4 aromatic rings. The van der Waals surface area contributed by atoms with E-state index in [-0.39, 0.29) is 37.6 Å². The fraction of sp³-hybridized carbons (Fsp3) is 0.333. The van der Waals surface area contributed by atoms with Crippen molar-refractivity contribution in [3.05, 3.63) is 107 Å². The van der Waals surface area contributed by atoms with Crippen LogP contribution in [-0.4, -0.2) is 65.2 Å². The molecule has 0 saturated carbocycles. The summed E-state index contributed by atoms with van der Waals surface area (Å²) in [6, 6.07) is 15.9. The molecule has 0 amide bonds. The molecular formula is C33H34F2N6O4. The summed E-state index contributed by atoms with van der Waals surface area (Å²) >= 11 is 0. The number of carbonyl (C=O) groups is 1. The van der Waals surface area contributed by atoms with Crippen molar-refractivity contribution in [2.75, 3.05) is 49.2 Å². The highest BCUT2D eigenvalue weighted by Crippen LogP contribution is 2.42. The van der Waals surface area contributed by atoms with E-state index in [9.17, 15) is 13.6 Å². The van der Waals surface area contributed by atoms with Crippen molar-refractivity contribution in [1.82, 2.24) is 14.8 Å². The number of rotatable bonds is 9. The fourth-order valence-electron chi connectivity index (χ4n) is 5.94. The highest BCUT2D eigenvalue weighted by atomic mass is 19.1. The van der Waals surface area contributed by atoms with Crippen LogP contribution in [0.4, 0.5) is 25.8 Å². The van der Waals surface area contributed by atoms with Crippen LogP contribution in [0, 0.1) is 24.1 Å². The highest BCUT2D eigenvalue weighted by Gasteiger charge is 2.44. The summed E-state index contributed by atoms with van der Waals surface area (Å²) in [7, 11) is 0. The SMILES string of the molecule is C.[C-]#[N+]c1cc(N2CCN(c3ccc(C(=O)O)cc3)CC2)ccc1OC[C@@H]1CO[C@@](Cn2cncn2)(c2ccc(F)cc2F)C1. The molecule has 234 valence electrons. The first kappa shape index (κ1) is 31.4. The third-order valence-electron chi connectivity index (χ3n) is 8.18. The molecule has 2 aliphatic rings. The van der Waals surface area contributed by atoms with E-state index < -0.39 is 23.2 Å². The minimum absolute atomic E-state index is 0. The first-order valence-corrected chi connectivity index (χ1v) is 14.2. The third-order valence-corrected chi connectivity index (χ3v) is 8.18. The van der Waals surface area contributed by atoms with Gasteiger partial charge in [-0.2, -0.15) is 5.10 Å². The lowest BCUT2D eigenvalue weighted by molar-refractivity contribution is -0.0206. The third kappa shape index (κ3) is 6.73. The van der Waals surface area contributed by atoms with Gasteiger partial charge in [0.25, 0.3) is 0 Å². The van der Waals surface area contributed by atoms with Crippen LogP contribution in [-0.2, 0) is 16.9 Å². The normalized spacial score (nSPS) is 19.5. The van der Waals surface area contributed by atoms with Crippen molar-refractivity contribution in [3.8, 4) is 5.75 Å². The Hall–Kier alpha value is -5.02. The summed E-state index contributed by atoms with van der Waals surface area (Å²) in [5, 5.41) is 13.3. The number of nitrogens with zero attached hydrogens (tertiary/aromatic N) is 6. The predicted molar refractivity (Wildman–Crippen MR) is 165 cm³/mol. The van der Waals surface area contributed by atoms with E-state index >= 15 is 0 Å². The van der Waals surface area contributed by atoms with Gasteiger partial charge in [-0.3, -0.25) is 0 Å². The van der Waals surface area contributed by atoms with E-state index in [2.05, 4.69) is 24.7 Å². The van der Waals surface area contributed by atoms with Crippen molar-refractivity contribution >= 4 is 23.0 Å². The van der Waals surface area contributed by atoms with Gasteiger partial charge in [0.1, 0.15) is 35.6 Å². The Morgan fingerprint density at radius 2 is 1.76 bits per heavy atom. The molecule has 1 aromatic heterocycles. The number of halogens is 2. The van der Waals surface area contributed by atoms with Crippen LogP contribution in [0.15, 0.2) is 73.3 Å². The number of ether oxygens (including phenoxy) is 2. The van der Waals surface area contributed by atoms with Crippen molar-refractivity contribution in [2.24, 2.45) is 5.92 Å². The summed E-state index contributed by atoms with van der Waals surface area (Å²) in [4.78, 5) is 23.2. The van der Waals surface area contributed by atoms with E-state index in [4.69, 9.17) is 21.2 Å². The monoisotopic (exact) mass is 616 g/mol. The zero-order valence-electron chi connectivity index (χ0n) is 23.8. The molecule has 3 aromatic carbocycles. The van der Waals surface area contributed by atoms with Crippen LogP contribution >= 0.6 is 0 Å². The second-order valence-corrected chi connectivity index (χ2v) is 11.0. The summed E-state index contributed by atoms with van der Waals surface area (Å²) in [5.74, 6) is -1.95. The van der Waals surface area contributed by atoms with Gasteiger partial charge in [-0.15, -0.1) is 0 Å². The number of carboxylic acid groups (broad SMARTS) is 1. The average molecular weight is 617 g/mol. The molecule has 10 nitrogen and oxygen atoms in total. The molecule has 2 fully saturated rings.